The molecule has 5 rings (SSSR count). The molecule has 7 nitrogen and oxygen atoms in total. The van der Waals surface area contributed by atoms with Crippen LogP contribution in [0.1, 0.15) is 37.0 Å². The van der Waals surface area contributed by atoms with Crippen molar-refractivity contribution in [3.8, 4) is 11.3 Å². The lowest BCUT2D eigenvalue weighted by atomic mass is 10.1. The number of nitrogens with zero attached hydrogens (tertiary/aromatic N) is 5. The molecule has 1 aliphatic rings. The lowest BCUT2D eigenvalue weighted by Crippen LogP contribution is -2.24. The van der Waals surface area contributed by atoms with Crippen molar-refractivity contribution in [1.82, 2.24) is 29.8 Å². The fourth-order valence-electron chi connectivity index (χ4n) is 4.22. The Morgan fingerprint density at radius 3 is 2.75 bits per heavy atom. The molecule has 1 aromatic carbocycles. The molecule has 0 aliphatic carbocycles. The van der Waals surface area contributed by atoms with Gasteiger partial charge in [0.1, 0.15) is 28.7 Å². The zero-order valence-electron chi connectivity index (χ0n) is 18.1. The van der Waals surface area contributed by atoms with E-state index in [1.807, 2.05) is 37.5 Å². The van der Waals surface area contributed by atoms with Crippen LogP contribution in [-0.4, -0.2) is 31.0 Å². The van der Waals surface area contributed by atoms with Gasteiger partial charge in [-0.15, -0.1) is 0 Å². The van der Waals surface area contributed by atoms with Crippen molar-refractivity contribution in [2.24, 2.45) is 0 Å². The number of imidazole rings is 1. The molecular weight excluding hydrogens is 412 g/mol. The van der Waals surface area contributed by atoms with Crippen LogP contribution >= 0.6 is 0 Å². The molecule has 4 heterocycles. The van der Waals surface area contributed by atoms with Gasteiger partial charge in [0.15, 0.2) is 5.82 Å². The predicted molar refractivity (Wildman–Crippen MR) is 119 cm³/mol. The SMILES string of the molecule is Cc1nc2cc(-c3nc(Nc4ccc5c(n4)CCNC5)ncc3F)cc(F)c2n1C(C)C. The second kappa shape index (κ2) is 7.90. The van der Waals surface area contributed by atoms with Gasteiger partial charge in [-0.1, -0.05) is 6.07 Å². The molecule has 0 unspecified atom stereocenters. The molecule has 0 saturated carbocycles. The van der Waals surface area contributed by atoms with E-state index in [4.69, 9.17) is 0 Å². The van der Waals surface area contributed by atoms with E-state index in [1.54, 1.807) is 6.07 Å². The summed E-state index contributed by atoms with van der Waals surface area (Å²) in [6.07, 6.45) is 1.91. The number of anilines is 2. The maximum atomic E-state index is 15.0. The summed E-state index contributed by atoms with van der Waals surface area (Å²) >= 11 is 0. The van der Waals surface area contributed by atoms with Gasteiger partial charge < -0.3 is 15.2 Å². The number of rotatable bonds is 4. The van der Waals surface area contributed by atoms with Gasteiger partial charge in [-0.05, 0) is 44.5 Å². The lowest BCUT2D eigenvalue weighted by molar-refractivity contribution is 0.574. The Bertz CT molecular complexity index is 1330. The molecular formula is C23H23F2N7. The van der Waals surface area contributed by atoms with Gasteiger partial charge in [0, 0.05) is 36.8 Å². The molecule has 1 aliphatic heterocycles. The Kier molecular flexibility index (Phi) is 5.05. The Morgan fingerprint density at radius 2 is 1.94 bits per heavy atom. The van der Waals surface area contributed by atoms with Crippen LogP contribution in [0.25, 0.3) is 22.3 Å². The quantitative estimate of drug-likeness (QED) is 0.493. The summed E-state index contributed by atoms with van der Waals surface area (Å²) in [6.45, 7) is 7.43. The molecule has 0 fully saturated rings. The zero-order chi connectivity index (χ0) is 22.4. The molecule has 9 heteroatoms. The number of fused-ring (bicyclic) bond motifs is 2. The highest BCUT2D eigenvalue weighted by atomic mass is 19.1. The van der Waals surface area contributed by atoms with Crippen LogP contribution in [0.15, 0.2) is 30.5 Å². The smallest absolute Gasteiger partial charge is 0.229 e. The summed E-state index contributed by atoms with van der Waals surface area (Å²) in [5, 5.41) is 6.34. The van der Waals surface area contributed by atoms with Gasteiger partial charge >= 0.3 is 0 Å². The minimum Gasteiger partial charge on any atom is -0.323 e. The van der Waals surface area contributed by atoms with Gasteiger partial charge in [0.25, 0.3) is 0 Å². The molecule has 4 aromatic rings. The fraction of sp³-hybridized carbons (Fsp3) is 0.304. The first-order valence-corrected chi connectivity index (χ1v) is 10.6. The van der Waals surface area contributed by atoms with Crippen LogP contribution in [0, 0.1) is 18.6 Å². The Labute approximate surface area is 184 Å². The number of aromatic nitrogens is 5. The highest BCUT2D eigenvalue weighted by molar-refractivity contribution is 5.83. The first-order chi connectivity index (χ1) is 15.4. The van der Waals surface area contributed by atoms with Crippen molar-refractivity contribution in [2.75, 3.05) is 11.9 Å². The third kappa shape index (κ3) is 3.58. The van der Waals surface area contributed by atoms with Crippen molar-refractivity contribution < 1.29 is 8.78 Å². The number of hydrogen-bond donors (Lipinski definition) is 2. The Balaban J connectivity index is 1.52. The third-order valence-corrected chi connectivity index (χ3v) is 5.61. The maximum absolute atomic E-state index is 15.0. The van der Waals surface area contributed by atoms with Crippen molar-refractivity contribution in [3.63, 3.8) is 0 Å². The van der Waals surface area contributed by atoms with Crippen LogP contribution in [-0.2, 0) is 13.0 Å². The number of benzene rings is 1. The molecule has 2 N–H and O–H groups in total. The highest BCUT2D eigenvalue weighted by Gasteiger charge is 2.19. The molecule has 164 valence electrons. The van der Waals surface area contributed by atoms with E-state index in [1.165, 1.54) is 6.07 Å². The van der Waals surface area contributed by atoms with E-state index in [0.717, 1.165) is 37.0 Å². The second-order valence-corrected chi connectivity index (χ2v) is 8.19. The molecule has 0 amide bonds. The summed E-state index contributed by atoms with van der Waals surface area (Å²) in [4.78, 5) is 17.4. The average Bonchev–Trinajstić information content (AvgIpc) is 3.11. The summed E-state index contributed by atoms with van der Waals surface area (Å²) in [5.74, 6) is 0.358. The van der Waals surface area contributed by atoms with Gasteiger partial charge in [-0.25, -0.2) is 28.7 Å². The summed E-state index contributed by atoms with van der Waals surface area (Å²) in [5.41, 5.74) is 3.34. The molecule has 32 heavy (non-hydrogen) atoms. The molecule has 0 saturated heterocycles. The third-order valence-electron chi connectivity index (χ3n) is 5.61. The van der Waals surface area contributed by atoms with E-state index in [-0.39, 0.29) is 17.7 Å². The summed E-state index contributed by atoms with van der Waals surface area (Å²) < 4.78 is 31.5. The monoisotopic (exact) mass is 435 g/mol. The Morgan fingerprint density at radius 1 is 1.09 bits per heavy atom. The van der Waals surface area contributed by atoms with Crippen LogP contribution in [0.4, 0.5) is 20.5 Å². The number of nitrogens with one attached hydrogen (secondary N) is 2. The summed E-state index contributed by atoms with van der Waals surface area (Å²) in [6, 6.07) is 6.83. The van der Waals surface area contributed by atoms with Gasteiger partial charge in [0.2, 0.25) is 5.95 Å². The maximum Gasteiger partial charge on any atom is 0.229 e. The number of aryl methyl sites for hydroxylation is 1. The largest absolute Gasteiger partial charge is 0.323 e. The zero-order valence-corrected chi connectivity index (χ0v) is 18.1. The molecule has 0 radical (unpaired) electrons. The van der Waals surface area contributed by atoms with Crippen LogP contribution in [0.5, 0.6) is 0 Å². The van der Waals surface area contributed by atoms with Crippen molar-refractivity contribution in [1.29, 1.82) is 0 Å². The van der Waals surface area contributed by atoms with Crippen LogP contribution in [0.2, 0.25) is 0 Å². The van der Waals surface area contributed by atoms with E-state index in [9.17, 15) is 4.39 Å². The van der Waals surface area contributed by atoms with Crippen molar-refractivity contribution in [2.45, 2.75) is 39.8 Å². The van der Waals surface area contributed by atoms with Gasteiger partial charge in [-0.2, -0.15) is 0 Å². The Hall–Kier alpha value is -3.46. The highest BCUT2D eigenvalue weighted by Crippen LogP contribution is 2.30. The van der Waals surface area contributed by atoms with Crippen molar-refractivity contribution >= 4 is 22.8 Å². The molecule has 3 aromatic heterocycles. The van der Waals surface area contributed by atoms with Gasteiger partial charge in [0.05, 0.1) is 11.7 Å². The minimum atomic E-state index is -0.640. The fourth-order valence-corrected chi connectivity index (χ4v) is 4.22. The first-order valence-electron chi connectivity index (χ1n) is 10.6. The van der Waals surface area contributed by atoms with Crippen LogP contribution < -0.4 is 10.6 Å². The first kappa shape index (κ1) is 20.4. The van der Waals surface area contributed by atoms with E-state index in [0.29, 0.717) is 28.2 Å². The topological polar surface area (TPSA) is 80.6 Å². The summed E-state index contributed by atoms with van der Waals surface area (Å²) in [7, 11) is 0. The van der Waals surface area contributed by atoms with E-state index >= 15 is 4.39 Å². The second-order valence-electron chi connectivity index (χ2n) is 8.19. The predicted octanol–water partition coefficient (Wildman–Crippen LogP) is 4.45. The van der Waals surface area contributed by atoms with E-state index < -0.39 is 11.6 Å². The number of pyridine rings is 1. The van der Waals surface area contributed by atoms with E-state index in [2.05, 4.69) is 30.6 Å². The van der Waals surface area contributed by atoms with Crippen LogP contribution in [0.3, 0.4) is 0 Å². The molecule has 0 spiro atoms. The number of hydrogen-bond acceptors (Lipinski definition) is 6. The molecule has 0 atom stereocenters. The van der Waals surface area contributed by atoms with Crippen molar-refractivity contribution in [3.05, 3.63) is 59.2 Å². The number of halogens is 2. The minimum absolute atomic E-state index is 0.00205. The standard InChI is InChI=1S/C23H23F2N7/c1-12(2)32-13(3)28-19-9-15(8-16(24)22(19)32)21-17(25)11-27-23(31-21)30-20-5-4-14-10-26-7-6-18(14)29-20/h4-5,8-9,11-12,26H,6-7,10H2,1-3H3,(H,27,29,30,31). The average molecular weight is 435 g/mol. The molecule has 0 bridgehead atoms. The van der Waals surface area contributed by atoms with Gasteiger partial charge in [-0.3, -0.25) is 0 Å². The lowest BCUT2D eigenvalue weighted by Gasteiger charge is -2.17. The normalized spacial score (nSPS) is 13.6.